The van der Waals surface area contributed by atoms with Crippen molar-refractivity contribution in [1.29, 1.82) is 0 Å². The summed E-state index contributed by atoms with van der Waals surface area (Å²) >= 11 is 0. The first kappa shape index (κ1) is 25.7. The van der Waals surface area contributed by atoms with Gasteiger partial charge in [-0.15, -0.1) is 0 Å². The lowest BCUT2D eigenvalue weighted by atomic mass is 9.59. The molecule has 4 rings (SSSR count). The molecule has 11 heteroatoms. The van der Waals surface area contributed by atoms with Gasteiger partial charge in [0.2, 0.25) is 0 Å². The van der Waals surface area contributed by atoms with Gasteiger partial charge in [-0.3, -0.25) is 19.3 Å². The summed E-state index contributed by atoms with van der Waals surface area (Å²) in [5.74, 6) is -5.55. The first-order valence-electron chi connectivity index (χ1n) is 11.8. The van der Waals surface area contributed by atoms with Crippen LogP contribution in [0.3, 0.4) is 0 Å². The molecule has 1 fully saturated rings. The minimum absolute atomic E-state index is 0.0251. The Morgan fingerprint density at radius 2 is 1.78 bits per heavy atom. The third-order valence-electron chi connectivity index (χ3n) is 7.56. The van der Waals surface area contributed by atoms with Crippen LogP contribution in [0.15, 0.2) is 23.0 Å². The van der Waals surface area contributed by atoms with Crippen molar-refractivity contribution in [2.45, 2.75) is 25.4 Å². The van der Waals surface area contributed by atoms with Gasteiger partial charge in [0.1, 0.15) is 22.8 Å². The number of Topliss-reactive ketones (excluding diaryl/α,β-unsaturated/α-hetero) is 2. The van der Waals surface area contributed by atoms with E-state index in [4.69, 9.17) is 11.5 Å². The molecule has 1 aromatic carbocycles. The number of rotatable bonds is 5. The molecule has 3 aliphatic carbocycles. The number of aliphatic hydroxyl groups is 2. The number of fused-ring (bicyclic) bond motifs is 3. The monoisotopic (exact) mass is 499 g/mol. The highest BCUT2D eigenvalue weighted by Crippen LogP contribution is 2.52. The van der Waals surface area contributed by atoms with E-state index in [0.717, 1.165) is 5.69 Å². The van der Waals surface area contributed by atoms with Crippen molar-refractivity contribution in [3.8, 4) is 5.75 Å². The summed E-state index contributed by atoms with van der Waals surface area (Å²) in [5, 5.41) is 35.6. The fourth-order valence-electron chi connectivity index (χ4n) is 6.08. The molecule has 0 heterocycles. The lowest BCUT2D eigenvalue weighted by Crippen LogP contribution is -2.56. The Kier molecular flexibility index (Phi) is 6.58. The average Bonchev–Trinajstić information content (AvgIpc) is 2.78. The molecule has 4 atom stereocenters. The van der Waals surface area contributed by atoms with Gasteiger partial charge in [-0.25, -0.2) is 0 Å². The second-order valence-electron chi connectivity index (χ2n) is 10.0. The highest BCUT2D eigenvalue weighted by Gasteiger charge is 2.56. The van der Waals surface area contributed by atoms with E-state index in [9.17, 15) is 29.7 Å². The highest BCUT2D eigenvalue weighted by atomic mass is 16.3. The van der Waals surface area contributed by atoms with Gasteiger partial charge >= 0.3 is 0 Å². The largest absolute Gasteiger partial charge is 0.510 e. The summed E-state index contributed by atoms with van der Waals surface area (Å²) in [6, 6.07) is 1.01. The Labute approximate surface area is 209 Å². The van der Waals surface area contributed by atoms with E-state index >= 15 is 0 Å². The summed E-state index contributed by atoms with van der Waals surface area (Å²) in [4.78, 5) is 43.5. The Balaban J connectivity index is 1.91. The van der Waals surface area contributed by atoms with E-state index in [0.29, 0.717) is 24.0 Å². The summed E-state index contributed by atoms with van der Waals surface area (Å²) in [6.07, 6.45) is 0.654. The minimum atomic E-state index is -1.27. The lowest BCUT2D eigenvalue weighted by Gasteiger charge is -2.46. The van der Waals surface area contributed by atoms with Crippen LogP contribution in [0.2, 0.25) is 0 Å². The first-order chi connectivity index (χ1) is 17.0. The van der Waals surface area contributed by atoms with Crippen molar-refractivity contribution in [1.82, 2.24) is 10.2 Å². The number of aromatic hydroxyl groups is 1. The van der Waals surface area contributed by atoms with Crippen molar-refractivity contribution in [3.63, 3.8) is 0 Å². The molecule has 3 aliphatic rings. The number of amides is 1. The number of carbonyl (C=O) groups is 3. The normalized spacial score (nSPS) is 25.5. The van der Waals surface area contributed by atoms with Gasteiger partial charge < -0.3 is 37.0 Å². The number of hydrogen-bond donors (Lipinski definition) is 6. The maximum atomic E-state index is 13.9. The van der Waals surface area contributed by atoms with Gasteiger partial charge in [-0.1, -0.05) is 0 Å². The number of carbonyl (C=O) groups excluding carboxylic acids is 3. The van der Waals surface area contributed by atoms with Crippen LogP contribution < -0.4 is 21.7 Å². The summed E-state index contributed by atoms with van der Waals surface area (Å²) in [5.41, 5.74) is 12.8. The number of allylic oxidation sites excluding steroid dienone is 1. The molecular weight excluding hydrogens is 466 g/mol. The van der Waals surface area contributed by atoms with Crippen LogP contribution in [-0.2, 0) is 27.3 Å². The molecule has 1 amide bonds. The van der Waals surface area contributed by atoms with Crippen LogP contribution in [0.4, 0.5) is 5.69 Å². The third kappa shape index (κ3) is 3.66. The topological polar surface area (TPSA) is 182 Å². The minimum Gasteiger partial charge on any atom is -0.510 e. The zero-order chi connectivity index (χ0) is 26.6. The van der Waals surface area contributed by atoms with Gasteiger partial charge in [0.25, 0.3) is 5.91 Å². The molecular formula is C25H33N5O6. The molecule has 0 radical (unpaired) electrons. The summed E-state index contributed by atoms with van der Waals surface area (Å²) < 4.78 is 0. The van der Waals surface area contributed by atoms with E-state index in [1.165, 1.54) is 0 Å². The molecule has 0 spiro atoms. The number of benzene rings is 1. The first-order valence-corrected chi connectivity index (χ1v) is 11.8. The smallest absolute Gasteiger partial charge is 0.259 e. The summed E-state index contributed by atoms with van der Waals surface area (Å²) in [7, 11) is 7.08. The van der Waals surface area contributed by atoms with Crippen molar-refractivity contribution >= 4 is 28.9 Å². The Morgan fingerprint density at radius 3 is 2.33 bits per heavy atom. The van der Waals surface area contributed by atoms with Gasteiger partial charge in [0.15, 0.2) is 11.6 Å². The molecule has 1 aromatic rings. The average molecular weight is 500 g/mol. The van der Waals surface area contributed by atoms with E-state index in [1.807, 2.05) is 19.0 Å². The number of aliphatic hydroxyl groups excluding tert-OH is 2. The Hall–Kier alpha value is -3.41. The Bertz CT molecular complexity index is 1220. The van der Waals surface area contributed by atoms with E-state index < -0.39 is 52.6 Å². The SMILES string of the molecule is CN(C)c1cc(CN)c(O)c2c1CC1CC3C(C(=O)C(C(=O)NCN)=C(O)[C@H]3N(C)C)C(=O)C1=C2O. The van der Waals surface area contributed by atoms with Gasteiger partial charge in [-0.05, 0) is 50.4 Å². The maximum absolute atomic E-state index is 13.9. The molecule has 0 aliphatic heterocycles. The quantitative estimate of drug-likeness (QED) is 0.182. The number of phenols is 1. The van der Waals surface area contributed by atoms with Crippen molar-refractivity contribution in [3.05, 3.63) is 39.7 Å². The van der Waals surface area contributed by atoms with Gasteiger partial charge in [0.05, 0.1) is 24.2 Å². The molecule has 0 saturated heterocycles. The fraction of sp³-hybridized carbons (Fsp3) is 0.480. The third-order valence-corrected chi connectivity index (χ3v) is 7.56. The molecule has 8 N–H and O–H groups in total. The summed E-state index contributed by atoms with van der Waals surface area (Å²) in [6.45, 7) is -0.226. The maximum Gasteiger partial charge on any atom is 0.259 e. The number of hydrogen-bond acceptors (Lipinski definition) is 10. The number of likely N-dealkylation sites (N-methyl/N-ethyl adjacent to an activating group) is 1. The van der Waals surface area contributed by atoms with E-state index in [-0.39, 0.29) is 35.9 Å². The van der Waals surface area contributed by atoms with Gasteiger partial charge in [-0.2, -0.15) is 0 Å². The molecule has 1 saturated carbocycles. The fourth-order valence-corrected chi connectivity index (χ4v) is 6.08. The Morgan fingerprint density at radius 1 is 1.11 bits per heavy atom. The van der Waals surface area contributed by atoms with E-state index in [1.54, 1.807) is 25.1 Å². The zero-order valence-electron chi connectivity index (χ0n) is 20.8. The molecule has 0 bridgehead atoms. The molecule has 194 valence electrons. The van der Waals surface area contributed by atoms with Crippen LogP contribution in [0.5, 0.6) is 5.75 Å². The number of phenolic OH excluding ortho intramolecular Hbond substituents is 1. The second-order valence-corrected chi connectivity index (χ2v) is 10.0. The standard InChI is InChI=1S/C25H33N5O6/c1-29(2)14-7-11(8-26)20(31)16-12(14)5-10-6-13-17(22(33)15(10)21(16)32)23(34)18(25(36)28-9-27)24(35)19(13)30(3)4/h7,10,13,17,19,31-32,35H,5-6,8-9,26-27H2,1-4H3,(H,28,36)/t10?,13?,17?,19-/m0/s1. The number of nitrogens with one attached hydrogen (secondary N) is 1. The molecule has 36 heavy (non-hydrogen) atoms. The number of anilines is 1. The molecule has 11 nitrogen and oxygen atoms in total. The van der Waals surface area contributed by atoms with Crippen molar-refractivity contribution in [2.24, 2.45) is 29.2 Å². The van der Waals surface area contributed by atoms with Crippen LogP contribution in [0, 0.1) is 17.8 Å². The van der Waals surface area contributed by atoms with Crippen molar-refractivity contribution in [2.75, 3.05) is 39.8 Å². The van der Waals surface area contributed by atoms with Crippen LogP contribution in [0.1, 0.15) is 23.1 Å². The number of ketones is 2. The predicted octanol–water partition coefficient (Wildman–Crippen LogP) is -0.0791. The van der Waals surface area contributed by atoms with Gasteiger partial charge in [0, 0.05) is 37.5 Å². The van der Waals surface area contributed by atoms with Crippen molar-refractivity contribution < 1.29 is 29.7 Å². The predicted molar refractivity (Wildman–Crippen MR) is 133 cm³/mol. The van der Waals surface area contributed by atoms with Crippen LogP contribution in [0.25, 0.3) is 5.76 Å². The van der Waals surface area contributed by atoms with Crippen LogP contribution >= 0.6 is 0 Å². The molecule has 0 aromatic heterocycles. The molecule has 3 unspecified atom stereocenters. The highest BCUT2D eigenvalue weighted by molar-refractivity contribution is 6.28. The van der Waals surface area contributed by atoms with E-state index in [2.05, 4.69) is 5.32 Å². The second kappa shape index (κ2) is 9.23. The number of nitrogens with zero attached hydrogens (tertiary/aromatic N) is 2. The zero-order valence-corrected chi connectivity index (χ0v) is 20.8. The lowest BCUT2D eigenvalue weighted by molar-refractivity contribution is -0.137. The number of nitrogens with two attached hydrogens (primary N) is 2. The van der Waals surface area contributed by atoms with Crippen LogP contribution in [-0.4, -0.2) is 78.6 Å².